The van der Waals surface area contributed by atoms with E-state index < -0.39 is 41.5 Å². The van der Waals surface area contributed by atoms with Crippen molar-refractivity contribution < 1.29 is 76.5 Å². The fourth-order valence-corrected chi connectivity index (χ4v) is 12.8. The highest BCUT2D eigenvalue weighted by atomic mass is 35.5. The number of methoxy groups -OCH3 is 4. The summed E-state index contributed by atoms with van der Waals surface area (Å²) in [6.07, 6.45) is -4.47. The zero-order valence-corrected chi connectivity index (χ0v) is 71.0. The Morgan fingerprint density at radius 3 is 0.685 bits per heavy atom. The smallest absolute Gasteiger partial charge is 0.416 e. The van der Waals surface area contributed by atoms with E-state index in [0.717, 1.165) is 39.9 Å². The second-order valence-electron chi connectivity index (χ2n) is 28.8. The van der Waals surface area contributed by atoms with Gasteiger partial charge in [0.15, 0.2) is 69.9 Å². The van der Waals surface area contributed by atoms with Crippen molar-refractivity contribution in [2.24, 2.45) is 5.73 Å². The minimum Gasteiger partial charge on any atom is -0.507 e. The van der Waals surface area contributed by atoms with Crippen LogP contribution >= 0.6 is 11.6 Å². The Morgan fingerprint density at radius 1 is 0.300 bits per heavy atom. The molecule has 27 nitrogen and oxygen atoms in total. The van der Waals surface area contributed by atoms with Gasteiger partial charge in [-0.2, -0.15) is 18.4 Å². The third kappa shape index (κ3) is 21.9. The average molecular weight is 1760 g/mol. The molecule has 1 amide bonds. The van der Waals surface area contributed by atoms with Gasteiger partial charge < -0.3 is 45.1 Å². The number of alkyl halides is 3. The van der Waals surface area contributed by atoms with Gasteiger partial charge in [-0.3, -0.25) is 4.79 Å². The lowest BCUT2D eigenvalue weighted by Crippen LogP contribution is -2.10. The van der Waals surface area contributed by atoms with E-state index in [2.05, 4.69) is 65.9 Å². The lowest BCUT2D eigenvalue weighted by atomic mass is 10.1. The zero-order valence-electron chi connectivity index (χ0n) is 70.3. The first-order chi connectivity index (χ1) is 62.4. The number of amides is 1. The van der Waals surface area contributed by atoms with E-state index in [1.165, 1.54) is 40.6 Å². The summed E-state index contributed by atoms with van der Waals surface area (Å²) in [5, 5.41) is 51.5. The molecule has 0 unspecified atom stereocenters. The highest BCUT2D eigenvalue weighted by Crippen LogP contribution is 2.38. The van der Waals surface area contributed by atoms with Gasteiger partial charge in [-0.05, 0) is 220 Å². The third-order valence-corrected chi connectivity index (χ3v) is 19.9. The van der Waals surface area contributed by atoms with Crippen molar-refractivity contribution in [1.82, 2.24) is 59.8 Å². The van der Waals surface area contributed by atoms with Gasteiger partial charge in [0.1, 0.15) is 23.0 Å². The molecule has 16 aromatic rings. The lowest BCUT2D eigenvalue weighted by Gasteiger charge is -2.11. The number of rotatable bonds is 17. The fraction of sp³-hybridized carbons (Fsp3) is 0.0909. The quantitative estimate of drug-likeness (QED) is 0.0417. The monoisotopic (exact) mass is 1760 g/mol. The number of aromatic hydroxyl groups is 4. The molecule has 0 fully saturated rings. The number of carbonyl (C=O) groups excluding carboxylic acids is 5. The van der Waals surface area contributed by atoms with E-state index in [4.69, 9.17) is 41.5 Å². The van der Waals surface area contributed by atoms with Gasteiger partial charge in [0, 0.05) is 55.1 Å². The Hall–Kier alpha value is -17.2. The number of aromatic nitrogens is 12. The third-order valence-electron chi connectivity index (χ3n) is 19.6. The Morgan fingerprint density at radius 2 is 0.492 bits per heavy atom. The van der Waals surface area contributed by atoms with Crippen molar-refractivity contribution in [3.8, 4) is 166 Å². The van der Waals surface area contributed by atoms with E-state index in [1.54, 1.807) is 212 Å². The van der Waals surface area contributed by atoms with Crippen LogP contribution < -0.4 is 5.73 Å². The van der Waals surface area contributed by atoms with Crippen LogP contribution in [-0.4, -0.2) is 138 Å². The number of carbonyl (C=O) groups is 5. The normalized spacial score (nSPS) is 10.8. The molecule has 130 heavy (non-hydrogen) atoms. The SMILES string of the molecule is COC(=O)c1ccc(-c2nc(-c3ccc(C#N)cc3)nc(-c3ccc(C)cc3O)n2)cc1.COC(=O)c1ccc(-c2nc(-c3ccc(C(F)(F)F)cc3)nc(-c3ccc(C)cc3O)n2)cc1.COC(=O)c1ccc(-c2nc(-c3ccc(C(N)=O)cc3)nc(-c3ccc(C)cc3O)n2)cc1.COC(=O)c1ccc(-c2nc(-c3ccc(Cl)cc3)nc(-c3ccc(C)cc3O)n2)cc1. The van der Waals surface area contributed by atoms with E-state index in [1.807, 2.05) is 58.0 Å². The highest BCUT2D eigenvalue weighted by Gasteiger charge is 2.31. The Bertz CT molecular complexity index is 6980. The summed E-state index contributed by atoms with van der Waals surface area (Å²) < 4.78 is 57.9. The van der Waals surface area contributed by atoms with Crippen molar-refractivity contribution in [3.05, 3.63) is 333 Å². The largest absolute Gasteiger partial charge is 0.507 e. The summed E-state index contributed by atoms with van der Waals surface area (Å²) in [5.41, 5.74) is 17.3. The molecule has 0 saturated carbocycles. The molecule has 0 aliphatic rings. The number of aryl methyl sites for hydroxylation is 4. The number of phenols is 4. The van der Waals surface area contributed by atoms with Gasteiger partial charge in [-0.25, -0.2) is 79.0 Å². The summed E-state index contributed by atoms with van der Waals surface area (Å²) in [4.78, 5) is 113. The Kier molecular flexibility index (Phi) is 28.0. The highest BCUT2D eigenvalue weighted by molar-refractivity contribution is 6.30. The predicted octanol–water partition coefficient (Wildman–Crippen LogP) is 19.3. The summed E-state index contributed by atoms with van der Waals surface area (Å²) >= 11 is 6.02. The van der Waals surface area contributed by atoms with Gasteiger partial charge in [0.2, 0.25) is 5.91 Å². The second-order valence-corrected chi connectivity index (χ2v) is 29.2. The molecule has 0 radical (unpaired) electrons. The first kappa shape index (κ1) is 90.5. The first-order valence-corrected chi connectivity index (χ1v) is 39.7. The van der Waals surface area contributed by atoms with Crippen LogP contribution in [0.1, 0.15) is 85.2 Å². The maximum absolute atomic E-state index is 13.0. The minimum atomic E-state index is -4.47. The molecular formula is C99H74ClF3N14O13. The lowest BCUT2D eigenvalue weighted by molar-refractivity contribution is -0.137. The molecule has 0 bridgehead atoms. The average Bonchev–Trinajstić information content (AvgIpc) is 0.800. The van der Waals surface area contributed by atoms with Crippen LogP contribution in [0.3, 0.4) is 0 Å². The molecular weight excluding hydrogens is 1690 g/mol. The first-order valence-electron chi connectivity index (χ1n) is 39.3. The van der Waals surface area contributed by atoms with Gasteiger partial charge >= 0.3 is 30.1 Å². The Balaban J connectivity index is 0.000000148. The van der Waals surface area contributed by atoms with Crippen LogP contribution in [0.2, 0.25) is 5.02 Å². The molecule has 16 rings (SSSR count). The summed E-state index contributed by atoms with van der Waals surface area (Å²) in [7, 11) is 5.25. The van der Waals surface area contributed by atoms with Crippen molar-refractivity contribution in [3.63, 3.8) is 0 Å². The topological polar surface area (TPSA) is 408 Å². The van der Waals surface area contributed by atoms with Crippen LogP contribution in [0.15, 0.2) is 267 Å². The maximum atomic E-state index is 13.0. The number of benzene rings is 12. The number of nitrogens with two attached hydrogens (primary N) is 1. The molecule has 0 atom stereocenters. The number of phenolic OH excluding ortho intramolecular Hbond substituents is 4. The minimum absolute atomic E-state index is 0.0446. The number of hydrogen-bond acceptors (Lipinski definition) is 26. The summed E-state index contributed by atoms with van der Waals surface area (Å²) in [5.74, 6) is 1.56. The van der Waals surface area contributed by atoms with Crippen molar-refractivity contribution in [2.45, 2.75) is 33.9 Å². The van der Waals surface area contributed by atoms with E-state index in [0.29, 0.717) is 146 Å². The standard InChI is InChI=1S/C25H18F3N3O3.C25H20N4O4.C25H18N4O3.C24H18ClN3O3/c1-14-3-12-19(20(32)13-14)23-30-21(15-4-6-17(7-5-15)24(33)34-2)29-22(31-23)16-8-10-18(11-9-16)25(26,27)28;1-14-3-12-19(20(30)13-14)24-28-22(16-6-4-15(5-7-16)21(26)31)27-23(29-24)17-8-10-18(11-9-17)25(32)33-2;1-15-3-12-20(21(30)13-15)24-28-22(17-6-4-16(14-26)5-7-17)27-23(29-24)18-8-10-19(11-9-18)25(31)32-2;1-14-3-12-19(20(29)13-14)23-27-21(15-4-6-17(7-5-15)24(30)31-2)26-22(28-23)16-8-10-18(25)11-9-16/h3-13,32H,1-2H3;3-13,30H,1-2H3,(H2,26,31);3-13,30H,1-2H3;3-13,29H,1-2H3. The molecule has 6 N–H and O–H groups in total. The molecule has 0 saturated heterocycles. The van der Waals surface area contributed by atoms with Crippen molar-refractivity contribution in [2.75, 3.05) is 28.4 Å². The Labute approximate surface area is 745 Å². The molecule has 31 heteroatoms. The van der Waals surface area contributed by atoms with Crippen LogP contribution in [0.4, 0.5) is 13.2 Å². The molecule has 0 aliphatic heterocycles. The van der Waals surface area contributed by atoms with E-state index >= 15 is 0 Å². The molecule has 646 valence electrons. The number of ether oxygens (including phenoxy) is 4. The molecule has 4 aromatic heterocycles. The number of primary amides is 1. The predicted molar refractivity (Wildman–Crippen MR) is 479 cm³/mol. The summed E-state index contributed by atoms with van der Waals surface area (Å²) in [6, 6.07) is 74.5. The zero-order chi connectivity index (χ0) is 92.6. The van der Waals surface area contributed by atoms with E-state index in [-0.39, 0.29) is 46.3 Å². The van der Waals surface area contributed by atoms with Gasteiger partial charge in [-0.15, -0.1) is 0 Å². The maximum Gasteiger partial charge on any atom is 0.416 e. The van der Waals surface area contributed by atoms with Crippen molar-refractivity contribution in [1.29, 1.82) is 5.26 Å². The fourth-order valence-electron chi connectivity index (χ4n) is 12.7. The second kappa shape index (κ2) is 40.2. The van der Waals surface area contributed by atoms with Crippen molar-refractivity contribution >= 4 is 41.4 Å². The number of esters is 4. The molecule has 0 spiro atoms. The number of halogens is 4. The molecule has 4 heterocycles. The van der Waals surface area contributed by atoms with Crippen LogP contribution in [-0.2, 0) is 25.1 Å². The van der Waals surface area contributed by atoms with E-state index in [9.17, 15) is 57.6 Å². The van der Waals surface area contributed by atoms with Gasteiger partial charge in [-0.1, -0.05) is 109 Å². The molecule has 0 aliphatic carbocycles. The molecule has 12 aromatic carbocycles. The van der Waals surface area contributed by atoms with Crippen LogP contribution in [0.5, 0.6) is 23.0 Å². The van der Waals surface area contributed by atoms with Gasteiger partial charge in [0.25, 0.3) is 0 Å². The number of hydrogen-bond donors (Lipinski definition) is 5. The number of nitrogens with zero attached hydrogens (tertiary/aromatic N) is 13. The number of nitriles is 1. The van der Waals surface area contributed by atoms with Gasteiger partial charge in [0.05, 0.1) is 90.1 Å². The summed E-state index contributed by atoms with van der Waals surface area (Å²) in [6.45, 7) is 7.47. The van der Waals surface area contributed by atoms with Crippen LogP contribution in [0, 0.1) is 39.0 Å². The van der Waals surface area contributed by atoms with Crippen LogP contribution in [0.25, 0.3) is 137 Å².